The van der Waals surface area contributed by atoms with E-state index in [1.165, 1.54) is 19.1 Å². The molecule has 0 aromatic heterocycles. The Bertz CT molecular complexity index is 430. The number of allylic oxidation sites excluding steroid dienone is 1. The van der Waals surface area contributed by atoms with Crippen molar-refractivity contribution in [1.29, 1.82) is 5.26 Å². The van der Waals surface area contributed by atoms with Crippen molar-refractivity contribution in [2.45, 2.75) is 6.92 Å². The van der Waals surface area contributed by atoms with Crippen LogP contribution in [0.2, 0.25) is 0 Å². The first-order valence-corrected chi connectivity index (χ1v) is 3.88. The van der Waals surface area contributed by atoms with Crippen LogP contribution < -0.4 is 5.73 Å². The average molecular weight is 194 g/mol. The monoisotopic (exact) mass is 194 g/mol. The minimum Gasteiger partial charge on any atom is -0.397 e. The first kappa shape index (κ1) is 10.2. The standard InChI is InChI=1S/C10H8F2N2/c1-6(5-13)10(14)7-3-2-4-8(11)9(7)12/h2-4H,14H2,1H3/b10-6-. The highest BCUT2D eigenvalue weighted by Gasteiger charge is 2.11. The van der Waals surface area contributed by atoms with Gasteiger partial charge in [0.2, 0.25) is 0 Å². The second-order valence-corrected chi connectivity index (χ2v) is 2.75. The molecule has 1 aromatic carbocycles. The van der Waals surface area contributed by atoms with Crippen molar-refractivity contribution in [3.63, 3.8) is 0 Å². The third-order valence-electron chi connectivity index (χ3n) is 1.81. The molecule has 0 radical (unpaired) electrons. The Balaban J connectivity index is 3.36. The Labute approximate surface area is 80.3 Å². The van der Waals surface area contributed by atoms with E-state index in [-0.39, 0.29) is 16.8 Å². The predicted molar refractivity (Wildman–Crippen MR) is 48.8 cm³/mol. The maximum atomic E-state index is 13.2. The summed E-state index contributed by atoms with van der Waals surface area (Å²) in [5.41, 5.74) is 5.51. The summed E-state index contributed by atoms with van der Waals surface area (Å²) in [6.07, 6.45) is 0. The van der Waals surface area contributed by atoms with Gasteiger partial charge in [0.15, 0.2) is 11.6 Å². The van der Waals surface area contributed by atoms with E-state index in [4.69, 9.17) is 11.0 Å². The molecule has 0 saturated heterocycles. The molecule has 0 spiro atoms. The van der Waals surface area contributed by atoms with Crippen LogP contribution in [0.15, 0.2) is 23.8 Å². The third-order valence-corrected chi connectivity index (χ3v) is 1.81. The van der Waals surface area contributed by atoms with E-state index in [0.717, 1.165) is 6.07 Å². The van der Waals surface area contributed by atoms with Crippen molar-refractivity contribution in [2.75, 3.05) is 0 Å². The summed E-state index contributed by atoms with van der Waals surface area (Å²) in [5.74, 6) is -2.00. The number of rotatable bonds is 1. The van der Waals surface area contributed by atoms with Crippen LogP contribution in [0.3, 0.4) is 0 Å². The minimum atomic E-state index is -1.03. The van der Waals surface area contributed by atoms with Gasteiger partial charge in [-0.15, -0.1) is 0 Å². The molecule has 0 heterocycles. The van der Waals surface area contributed by atoms with Crippen LogP contribution in [0, 0.1) is 23.0 Å². The molecule has 0 amide bonds. The van der Waals surface area contributed by atoms with Gasteiger partial charge < -0.3 is 5.73 Å². The molecule has 0 atom stereocenters. The smallest absolute Gasteiger partial charge is 0.168 e. The highest BCUT2D eigenvalue weighted by atomic mass is 19.2. The van der Waals surface area contributed by atoms with Crippen molar-refractivity contribution < 1.29 is 8.78 Å². The summed E-state index contributed by atoms with van der Waals surface area (Å²) < 4.78 is 25.9. The molecule has 1 rings (SSSR count). The van der Waals surface area contributed by atoms with Gasteiger partial charge in [0.25, 0.3) is 0 Å². The van der Waals surface area contributed by atoms with Crippen molar-refractivity contribution in [2.24, 2.45) is 5.73 Å². The lowest BCUT2D eigenvalue weighted by Crippen LogP contribution is -2.03. The zero-order valence-corrected chi connectivity index (χ0v) is 7.51. The van der Waals surface area contributed by atoms with Gasteiger partial charge in [0.05, 0.1) is 17.3 Å². The molecule has 1 aromatic rings. The van der Waals surface area contributed by atoms with Gasteiger partial charge in [-0.2, -0.15) is 5.26 Å². The van der Waals surface area contributed by atoms with Crippen LogP contribution in [0.4, 0.5) is 8.78 Å². The Morgan fingerprint density at radius 1 is 1.43 bits per heavy atom. The highest BCUT2D eigenvalue weighted by Crippen LogP contribution is 2.18. The highest BCUT2D eigenvalue weighted by molar-refractivity contribution is 5.68. The maximum Gasteiger partial charge on any atom is 0.168 e. The summed E-state index contributed by atoms with van der Waals surface area (Å²) in [4.78, 5) is 0. The Morgan fingerprint density at radius 2 is 2.07 bits per heavy atom. The second kappa shape index (κ2) is 3.88. The van der Waals surface area contributed by atoms with E-state index in [9.17, 15) is 8.78 Å². The number of hydrogen-bond acceptors (Lipinski definition) is 2. The molecular formula is C10H8F2N2. The number of hydrogen-bond donors (Lipinski definition) is 1. The summed E-state index contributed by atoms with van der Waals surface area (Å²) in [7, 11) is 0. The van der Waals surface area contributed by atoms with Crippen LogP contribution in [0.1, 0.15) is 12.5 Å². The number of nitriles is 1. The molecular weight excluding hydrogens is 186 g/mol. The van der Waals surface area contributed by atoms with Crippen LogP contribution in [-0.4, -0.2) is 0 Å². The molecule has 0 bridgehead atoms. The molecule has 72 valence electrons. The molecule has 0 aliphatic rings. The molecule has 0 fully saturated rings. The fourth-order valence-corrected chi connectivity index (χ4v) is 0.974. The van der Waals surface area contributed by atoms with Gasteiger partial charge in [-0.25, -0.2) is 8.78 Å². The maximum absolute atomic E-state index is 13.2. The first-order chi connectivity index (χ1) is 6.57. The molecule has 0 unspecified atom stereocenters. The lowest BCUT2D eigenvalue weighted by atomic mass is 10.1. The lowest BCUT2D eigenvalue weighted by Gasteiger charge is -2.04. The van der Waals surface area contributed by atoms with Crippen LogP contribution in [0.25, 0.3) is 5.70 Å². The van der Waals surface area contributed by atoms with Gasteiger partial charge in [0.1, 0.15) is 0 Å². The topological polar surface area (TPSA) is 49.8 Å². The zero-order valence-electron chi connectivity index (χ0n) is 7.51. The van der Waals surface area contributed by atoms with E-state index in [1.807, 2.05) is 0 Å². The van der Waals surface area contributed by atoms with Crippen molar-refractivity contribution in [3.05, 3.63) is 41.0 Å². The lowest BCUT2D eigenvalue weighted by molar-refractivity contribution is 0.506. The molecule has 0 saturated carbocycles. The van der Waals surface area contributed by atoms with E-state index >= 15 is 0 Å². The van der Waals surface area contributed by atoms with Gasteiger partial charge >= 0.3 is 0 Å². The van der Waals surface area contributed by atoms with Gasteiger partial charge in [-0.3, -0.25) is 0 Å². The summed E-state index contributed by atoms with van der Waals surface area (Å²) >= 11 is 0. The van der Waals surface area contributed by atoms with E-state index in [2.05, 4.69) is 0 Å². The van der Waals surface area contributed by atoms with Crippen molar-refractivity contribution in [1.82, 2.24) is 0 Å². The average Bonchev–Trinajstić information content (AvgIpc) is 2.20. The van der Waals surface area contributed by atoms with Crippen LogP contribution >= 0.6 is 0 Å². The molecule has 14 heavy (non-hydrogen) atoms. The van der Waals surface area contributed by atoms with Gasteiger partial charge in [-0.1, -0.05) is 6.07 Å². The summed E-state index contributed by atoms with van der Waals surface area (Å²) in [6.45, 7) is 1.44. The second-order valence-electron chi connectivity index (χ2n) is 2.75. The van der Waals surface area contributed by atoms with Gasteiger partial charge in [-0.05, 0) is 19.1 Å². The van der Waals surface area contributed by atoms with E-state index in [0.29, 0.717) is 0 Å². The molecule has 0 aliphatic carbocycles. The normalized spacial score (nSPS) is 11.9. The zero-order chi connectivity index (χ0) is 10.7. The summed E-state index contributed by atoms with van der Waals surface area (Å²) in [5, 5.41) is 8.52. The number of benzene rings is 1. The largest absolute Gasteiger partial charge is 0.397 e. The Morgan fingerprint density at radius 3 is 2.64 bits per heavy atom. The molecule has 2 nitrogen and oxygen atoms in total. The third kappa shape index (κ3) is 1.72. The summed E-state index contributed by atoms with van der Waals surface area (Å²) in [6, 6.07) is 5.44. The van der Waals surface area contributed by atoms with Crippen molar-refractivity contribution in [3.8, 4) is 6.07 Å². The first-order valence-electron chi connectivity index (χ1n) is 3.88. The molecule has 0 aliphatic heterocycles. The SMILES string of the molecule is C/C(C#N)=C(/N)c1cccc(F)c1F. The van der Waals surface area contributed by atoms with Crippen molar-refractivity contribution >= 4 is 5.70 Å². The Hall–Kier alpha value is -1.89. The molecule has 4 heteroatoms. The van der Waals surface area contributed by atoms with E-state index < -0.39 is 11.6 Å². The Kier molecular flexibility index (Phi) is 2.82. The number of nitrogens with two attached hydrogens (primary N) is 1. The van der Waals surface area contributed by atoms with Crippen LogP contribution in [0.5, 0.6) is 0 Å². The van der Waals surface area contributed by atoms with Crippen LogP contribution in [-0.2, 0) is 0 Å². The fourth-order valence-electron chi connectivity index (χ4n) is 0.974. The fraction of sp³-hybridized carbons (Fsp3) is 0.100. The van der Waals surface area contributed by atoms with E-state index in [1.54, 1.807) is 6.07 Å². The number of halogens is 2. The molecule has 2 N–H and O–H groups in total. The minimum absolute atomic E-state index is 0.0375. The quantitative estimate of drug-likeness (QED) is 0.696. The van der Waals surface area contributed by atoms with Gasteiger partial charge in [0, 0.05) is 5.56 Å². The number of nitrogens with zero attached hydrogens (tertiary/aromatic N) is 1. The predicted octanol–water partition coefficient (Wildman–Crippen LogP) is 2.18.